The van der Waals surface area contributed by atoms with E-state index in [1.54, 1.807) is 7.11 Å². The van der Waals surface area contributed by atoms with Crippen LogP contribution in [0.5, 0.6) is 5.75 Å². The number of fused-ring (bicyclic) bond motifs is 1. The molecule has 6 nitrogen and oxygen atoms in total. The molecule has 0 spiro atoms. The molecule has 22 heavy (non-hydrogen) atoms. The van der Waals surface area contributed by atoms with E-state index >= 15 is 0 Å². The van der Waals surface area contributed by atoms with Gasteiger partial charge in [-0.2, -0.15) is 0 Å². The Morgan fingerprint density at radius 1 is 1.32 bits per heavy atom. The molecule has 116 valence electrons. The van der Waals surface area contributed by atoms with Crippen LogP contribution in [0.4, 0.5) is 0 Å². The maximum Gasteiger partial charge on any atom is 0.168 e. The largest absolute Gasteiger partial charge is 0.496 e. The molecule has 0 amide bonds. The summed E-state index contributed by atoms with van der Waals surface area (Å²) in [6.07, 6.45) is 3.41. The van der Waals surface area contributed by atoms with Crippen LogP contribution in [0.1, 0.15) is 48.8 Å². The minimum Gasteiger partial charge on any atom is -0.496 e. The number of hydrogen-bond donors (Lipinski definition) is 0. The normalized spacial score (nSPS) is 19.7. The van der Waals surface area contributed by atoms with Crippen molar-refractivity contribution in [3.63, 3.8) is 0 Å². The van der Waals surface area contributed by atoms with E-state index in [0.717, 1.165) is 31.1 Å². The highest BCUT2D eigenvalue weighted by molar-refractivity contribution is 5.41. The van der Waals surface area contributed by atoms with Gasteiger partial charge in [-0.3, -0.25) is 4.90 Å². The van der Waals surface area contributed by atoms with E-state index in [0.29, 0.717) is 6.04 Å². The van der Waals surface area contributed by atoms with Crippen LogP contribution in [-0.4, -0.2) is 38.8 Å². The molecule has 4 rings (SSSR count). The highest BCUT2D eigenvalue weighted by atomic mass is 16.5. The Labute approximate surface area is 130 Å². The summed E-state index contributed by atoms with van der Waals surface area (Å²) in [6, 6.07) is 7.06. The summed E-state index contributed by atoms with van der Waals surface area (Å²) in [5.41, 5.74) is 2.69. The number of benzene rings is 1. The van der Waals surface area contributed by atoms with Gasteiger partial charge in [0, 0.05) is 13.1 Å². The number of rotatable bonds is 4. The van der Waals surface area contributed by atoms with Crippen molar-refractivity contribution in [3.05, 3.63) is 35.2 Å². The smallest absolute Gasteiger partial charge is 0.168 e. The average Bonchev–Trinajstić information content (AvgIpc) is 3.30. The second kappa shape index (κ2) is 5.35. The molecule has 0 radical (unpaired) electrons. The Bertz CT molecular complexity index is 679. The molecular weight excluding hydrogens is 278 g/mol. The van der Waals surface area contributed by atoms with E-state index in [9.17, 15) is 0 Å². The summed E-state index contributed by atoms with van der Waals surface area (Å²) < 4.78 is 7.50. The van der Waals surface area contributed by atoms with E-state index in [2.05, 4.69) is 39.5 Å². The molecule has 1 aliphatic heterocycles. The lowest BCUT2D eigenvalue weighted by molar-refractivity contribution is 0.178. The van der Waals surface area contributed by atoms with Crippen LogP contribution in [0.15, 0.2) is 18.2 Å². The summed E-state index contributed by atoms with van der Waals surface area (Å²) in [7, 11) is 1.74. The molecule has 1 aromatic carbocycles. The van der Waals surface area contributed by atoms with Crippen molar-refractivity contribution >= 4 is 0 Å². The van der Waals surface area contributed by atoms with Gasteiger partial charge >= 0.3 is 0 Å². The topological polar surface area (TPSA) is 56.1 Å². The zero-order valence-electron chi connectivity index (χ0n) is 13.1. The maximum atomic E-state index is 5.48. The van der Waals surface area contributed by atoms with Crippen molar-refractivity contribution in [2.75, 3.05) is 13.7 Å². The lowest BCUT2D eigenvalue weighted by Crippen LogP contribution is -2.34. The Morgan fingerprint density at radius 3 is 2.95 bits per heavy atom. The van der Waals surface area contributed by atoms with Gasteiger partial charge in [-0.05, 0) is 53.8 Å². The van der Waals surface area contributed by atoms with E-state index in [1.165, 1.54) is 24.0 Å². The summed E-state index contributed by atoms with van der Waals surface area (Å²) in [5.74, 6) is 2.00. The molecule has 1 fully saturated rings. The first-order valence-electron chi connectivity index (χ1n) is 7.94. The fourth-order valence-electron chi connectivity index (χ4n) is 3.34. The van der Waals surface area contributed by atoms with Crippen LogP contribution in [0.25, 0.3) is 0 Å². The summed E-state index contributed by atoms with van der Waals surface area (Å²) >= 11 is 0. The number of nitrogens with zero attached hydrogens (tertiary/aromatic N) is 5. The molecule has 2 aromatic rings. The van der Waals surface area contributed by atoms with E-state index in [4.69, 9.17) is 4.74 Å². The first-order valence-corrected chi connectivity index (χ1v) is 7.94. The molecule has 1 aliphatic carbocycles. The third-order valence-corrected chi connectivity index (χ3v) is 4.80. The van der Waals surface area contributed by atoms with E-state index < -0.39 is 0 Å². The third kappa shape index (κ3) is 2.27. The van der Waals surface area contributed by atoms with Crippen molar-refractivity contribution in [1.29, 1.82) is 0 Å². The second-order valence-electron chi connectivity index (χ2n) is 6.21. The number of tetrazole rings is 1. The van der Waals surface area contributed by atoms with Gasteiger partial charge in [0.2, 0.25) is 0 Å². The predicted octanol–water partition coefficient (Wildman–Crippen LogP) is 2.14. The minimum absolute atomic E-state index is 0.231. The minimum atomic E-state index is 0.231. The van der Waals surface area contributed by atoms with Crippen LogP contribution >= 0.6 is 0 Å². The second-order valence-corrected chi connectivity index (χ2v) is 6.21. The number of methoxy groups -OCH3 is 1. The van der Waals surface area contributed by atoms with Gasteiger partial charge in [0.25, 0.3) is 0 Å². The van der Waals surface area contributed by atoms with Gasteiger partial charge < -0.3 is 4.74 Å². The zero-order chi connectivity index (χ0) is 15.1. The Hall–Kier alpha value is -1.95. The van der Waals surface area contributed by atoms with Gasteiger partial charge in [0.05, 0.1) is 19.2 Å². The van der Waals surface area contributed by atoms with Crippen LogP contribution in [-0.2, 0) is 13.0 Å². The van der Waals surface area contributed by atoms with Crippen molar-refractivity contribution in [3.8, 4) is 5.75 Å². The monoisotopic (exact) mass is 299 g/mol. The van der Waals surface area contributed by atoms with Crippen LogP contribution in [0, 0.1) is 0 Å². The highest BCUT2D eigenvalue weighted by Gasteiger charge is 2.32. The van der Waals surface area contributed by atoms with Gasteiger partial charge in [0.15, 0.2) is 5.82 Å². The van der Waals surface area contributed by atoms with Crippen LogP contribution in [0.2, 0.25) is 0 Å². The SMILES string of the molecule is COc1cccc2c1CCN(C(C)c1nnnn1C1CC1)C2. The fourth-order valence-corrected chi connectivity index (χ4v) is 3.34. The predicted molar refractivity (Wildman–Crippen MR) is 81.6 cm³/mol. The number of ether oxygens (including phenoxy) is 1. The first-order chi connectivity index (χ1) is 10.8. The van der Waals surface area contributed by atoms with Crippen molar-refractivity contribution in [2.45, 2.75) is 44.8 Å². The van der Waals surface area contributed by atoms with Gasteiger partial charge in [0.1, 0.15) is 5.75 Å². The van der Waals surface area contributed by atoms with E-state index in [-0.39, 0.29) is 6.04 Å². The summed E-state index contributed by atoms with van der Waals surface area (Å²) in [5, 5.41) is 12.3. The Kier molecular flexibility index (Phi) is 3.33. The molecule has 2 heterocycles. The van der Waals surface area contributed by atoms with Gasteiger partial charge in [-0.15, -0.1) is 5.10 Å². The standard InChI is InChI=1S/C16H21N5O/c1-11(16-17-18-19-21(16)13-6-7-13)20-9-8-14-12(10-20)4-3-5-15(14)22-2/h3-5,11,13H,6-10H2,1-2H3. The highest BCUT2D eigenvalue weighted by Crippen LogP contribution is 2.37. The summed E-state index contributed by atoms with van der Waals surface area (Å²) in [6.45, 7) is 4.13. The zero-order valence-corrected chi connectivity index (χ0v) is 13.1. The number of hydrogen-bond acceptors (Lipinski definition) is 5. The molecule has 0 saturated heterocycles. The van der Waals surface area contributed by atoms with Gasteiger partial charge in [-0.1, -0.05) is 12.1 Å². The van der Waals surface area contributed by atoms with Crippen molar-refractivity contribution in [2.24, 2.45) is 0 Å². The van der Waals surface area contributed by atoms with Crippen molar-refractivity contribution in [1.82, 2.24) is 25.1 Å². The van der Waals surface area contributed by atoms with Crippen LogP contribution in [0.3, 0.4) is 0 Å². The Morgan fingerprint density at radius 2 is 2.18 bits per heavy atom. The third-order valence-electron chi connectivity index (χ3n) is 4.80. The molecule has 1 saturated carbocycles. The lowest BCUT2D eigenvalue weighted by atomic mass is 9.97. The molecule has 1 unspecified atom stereocenters. The maximum absolute atomic E-state index is 5.48. The molecule has 1 aromatic heterocycles. The quantitative estimate of drug-likeness (QED) is 0.865. The van der Waals surface area contributed by atoms with E-state index in [1.807, 2.05) is 10.7 Å². The molecule has 0 bridgehead atoms. The van der Waals surface area contributed by atoms with Crippen LogP contribution < -0.4 is 4.74 Å². The molecular formula is C16H21N5O. The lowest BCUT2D eigenvalue weighted by Gasteiger charge is -2.33. The summed E-state index contributed by atoms with van der Waals surface area (Å²) in [4.78, 5) is 2.45. The fraction of sp³-hybridized carbons (Fsp3) is 0.562. The molecule has 0 N–H and O–H groups in total. The molecule has 1 atom stereocenters. The number of aromatic nitrogens is 4. The van der Waals surface area contributed by atoms with Crippen molar-refractivity contribution < 1.29 is 4.74 Å². The van der Waals surface area contributed by atoms with Gasteiger partial charge in [-0.25, -0.2) is 4.68 Å². The molecule has 2 aliphatic rings. The first kappa shape index (κ1) is 13.7. The molecule has 6 heteroatoms. The Balaban J connectivity index is 1.57. The average molecular weight is 299 g/mol.